The molecule has 2 aromatic carbocycles. The van der Waals surface area contributed by atoms with Crippen LogP contribution in [0.25, 0.3) is 0 Å². The monoisotopic (exact) mass is 547 g/mol. The number of carbonyl (C=O) groups excluding carboxylic acids is 1. The van der Waals surface area contributed by atoms with Gasteiger partial charge in [-0.3, -0.25) is 4.79 Å². The van der Waals surface area contributed by atoms with E-state index in [0.717, 1.165) is 23.4 Å². The molecule has 6 atom stereocenters. The van der Waals surface area contributed by atoms with Crippen LogP contribution in [0.5, 0.6) is 0 Å². The van der Waals surface area contributed by atoms with Gasteiger partial charge in [0.15, 0.2) is 18.9 Å². The molecule has 2 saturated heterocycles. The Hall–Kier alpha value is -3.27. The molecule has 4 aliphatic rings. The van der Waals surface area contributed by atoms with Gasteiger partial charge in [0.2, 0.25) is 0 Å². The third-order valence-corrected chi connectivity index (χ3v) is 9.24. The van der Waals surface area contributed by atoms with Gasteiger partial charge in [-0.25, -0.2) is 9.97 Å². The third kappa shape index (κ3) is 4.33. The summed E-state index contributed by atoms with van der Waals surface area (Å²) >= 11 is 0. The van der Waals surface area contributed by atoms with Crippen LogP contribution in [0.2, 0.25) is 0 Å². The molecule has 2 fully saturated rings. The summed E-state index contributed by atoms with van der Waals surface area (Å²) in [6.07, 6.45) is 2.28. The molecule has 7 rings (SSSR count). The number of anilines is 2. The second-order valence-corrected chi connectivity index (χ2v) is 11.3. The van der Waals surface area contributed by atoms with Gasteiger partial charge < -0.3 is 28.5 Å². The lowest BCUT2D eigenvalue weighted by atomic mass is 10.1. The minimum Gasteiger partial charge on any atom is -0.369 e. The first-order valence-electron chi connectivity index (χ1n) is 13.6. The molecular weight excluding hydrogens is 517 g/mol. The van der Waals surface area contributed by atoms with E-state index in [1.807, 2.05) is 35.1 Å². The summed E-state index contributed by atoms with van der Waals surface area (Å²) in [5.41, 5.74) is 4.48. The number of amides is 1. The summed E-state index contributed by atoms with van der Waals surface area (Å²) in [5.74, 6) is 0.184. The van der Waals surface area contributed by atoms with Gasteiger partial charge in [-0.2, -0.15) is 4.58 Å². The van der Waals surface area contributed by atoms with Crippen molar-refractivity contribution in [2.75, 3.05) is 23.7 Å². The second-order valence-electron chi connectivity index (χ2n) is 9.90. The Balaban J connectivity index is 1.12. The normalized spacial score (nSPS) is 29.0. The number of para-hydroxylation sites is 1. The van der Waals surface area contributed by atoms with Gasteiger partial charge in [0.1, 0.15) is 29.5 Å². The van der Waals surface area contributed by atoms with E-state index in [2.05, 4.69) is 38.2 Å². The minimum absolute atomic E-state index is 0.0171. The van der Waals surface area contributed by atoms with E-state index in [1.54, 1.807) is 19.2 Å². The summed E-state index contributed by atoms with van der Waals surface area (Å²) in [6.45, 7) is 1.07. The lowest BCUT2D eigenvalue weighted by Gasteiger charge is -2.28. The highest BCUT2D eigenvalue weighted by molar-refractivity contribution is 7.49. The van der Waals surface area contributed by atoms with Gasteiger partial charge in [-0.15, -0.1) is 0 Å². The summed E-state index contributed by atoms with van der Waals surface area (Å²) in [4.78, 5) is 21.6. The molecule has 0 radical (unpaired) electrons. The van der Waals surface area contributed by atoms with Gasteiger partial charge >= 0.3 is 0 Å². The van der Waals surface area contributed by atoms with Crippen LogP contribution in [0.3, 0.4) is 0 Å². The van der Waals surface area contributed by atoms with Crippen molar-refractivity contribution in [3.8, 4) is 0 Å². The van der Waals surface area contributed by atoms with Crippen LogP contribution in [-0.2, 0) is 31.5 Å². The largest absolute Gasteiger partial charge is 0.369 e. The number of hydrogen-bond acceptors (Lipinski definition) is 8. The Morgan fingerprint density at radius 2 is 2.03 bits per heavy atom. The van der Waals surface area contributed by atoms with Gasteiger partial charge in [0.05, 0.1) is 18.8 Å². The van der Waals surface area contributed by atoms with Crippen molar-refractivity contribution in [2.45, 2.75) is 50.4 Å². The smallest absolute Gasteiger partial charge is 0.290 e. The first kappa shape index (κ1) is 23.6. The maximum atomic E-state index is 12.8. The fourth-order valence-electron chi connectivity index (χ4n) is 5.66. The Morgan fingerprint density at radius 3 is 2.87 bits per heavy atom. The molecule has 0 bridgehead atoms. The van der Waals surface area contributed by atoms with Crippen LogP contribution in [0.15, 0.2) is 60.9 Å². The van der Waals surface area contributed by atoms with Crippen LogP contribution in [-0.4, -0.2) is 71.0 Å². The van der Waals surface area contributed by atoms with Crippen LogP contribution in [0.4, 0.5) is 11.5 Å². The van der Waals surface area contributed by atoms with E-state index in [0.29, 0.717) is 24.5 Å². The topological polar surface area (TPSA) is 98.1 Å². The molecule has 11 heteroatoms. The molecule has 1 N–H and O–H groups in total. The van der Waals surface area contributed by atoms with Crippen molar-refractivity contribution < 1.29 is 29.3 Å². The maximum Gasteiger partial charge on any atom is 0.290 e. The molecule has 0 saturated carbocycles. The predicted molar refractivity (Wildman–Crippen MR) is 145 cm³/mol. The Morgan fingerprint density at radius 1 is 1.18 bits per heavy atom. The molecule has 1 aromatic heterocycles. The molecule has 1 amide bonds. The number of aromatic nitrogens is 2. The van der Waals surface area contributed by atoms with Gasteiger partial charge in [0, 0.05) is 19.7 Å². The minimum atomic E-state index is -1.37. The summed E-state index contributed by atoms with van der Waals surface area (Å²) < 4.78 is 37.5. The second kappa shape index (κ2) is 10.0. The van der Waals surface area contributed by atoms with E-state index in [-0.39, 0.29) is 18.8 Å². The van der Waals surface area contributed by atoms with Crippen molar-refractivity contribution in [1.29, 1.82) is 0 Å². The number of benzene rings is 2. The van der Waals surface area contributed by atoms with Crippen molar-refractivity contribution in [2.24, 2.45) is 0 Å². The van der Waals surface area contributed by atoms with Crippen LogP contribution in [0, 0.1) is 0 Å². The number of nitrogens with zero attached hydrogens (tertiary/aromatic N) is 4. The van der Waals surface area contributed by atoms with Crippen molar-refractivity contribution in [1.82, 2.24) is 9.97 Å². The van der Waals surface area contributed by atoms with E-state index in [1.165, 1.54) is 11.9 Å². The van der Waals surface area contributed by atoms with Crippen molar-refractivity contribution in [3.05, 3.63) is 83.3 Å². The molecule has 3 aromatic rings. The quantitative estimate of drug-likeness (QED) is 0.370. The van der Waals surface area contributed by atoms with Gasteiger partial charge in [-0.1, -0.05) is 36.4 Å². The zero-order chi connectivity index (χ0) is 27.2. The van der Waals surface area contributed by atoms with Crippen LogP contribution >= 0.6 is 8.53 Å². The maximum absolute atomic E-state index is 12.8. The molecule has 5 heterocycles. The average molecular weight is 548 g/mol. The van der Waals surface area contributed by atoms with Crippen molar-refractivity contribution in [3.63, 3.8) is 0 Å². The zero-order valence-corrected chi connectivity index (χ0v) is 22.2. The fraction of sp³-hybridized carbons (Fsp3) is 0.357. The van der Waals surface area contributed by atoms with Crippen LogP contribution < -0.4 is 9.99 Å². The SMILES string of the molecule is [2H]CC1OC([N+]2=Cc3c(ncnc3NC(=O)c3ccccc3)C2)C(OC)C1O[P@@]1OC[C@H]2Cc3ccccc3N21. The zero-order valence-electron chi connectivity index (χ0n) is 22.3. The Kier molecular flexibility index (Phi) is 6.08. The van der Waals surface area contributed by atoms with E-state index in [4.69, 9.17) is 19.9 Å². The molecule has 4 aliphatic heterocycles. The van der Waals surface area contributed by atoms with E-state index >= 15 is 0 Å². The molecule has 39 heavy (non-hydrogen) atoms. The summed E-state index contributed by atoms with van der Waals surface area (Å²) in [5, 5.41) is 2.91. The van der Waals surface area contributed by atoms with E-state index in [9.17, 15) is 4.79 Å². The molecule has 0 spiro atoms. The number of fused-ring (bicyclic) bond motifs is 4. The number of methoxy groups -OCH3 is 1. The van der Waals surface area contributed by atoms with Crippen molar-refractivity contribution >= 4 is 32.2 Å². The first-order valence-corrected chi connectivity index (χ1v) is 14.0. The summed E-state index contributed by atoms with van der Waals surface area (Å²) in [7, 11) is 0.262. The molecule has 0 aliphatic carbocycles. The van der Waals surface area contributed by atoms with Gasteiger partial charge in [0.25, 0.3) is 20.7 Å². The summed E-state index contributed by atoms with van der Waals surface area (Å²) in [6, 6.07) is 17.6. The molecule has 200 valence electrons. The third-order valence-electron chi connectivity index (χ3n) is 7.55. The molecule has 10 nitrogen and oxygen atoms in total. The molecule has 4 unspecified atom stereocenters. The predicted octanol–water partition coefficient (Wildman–Crippen LogP) is 3.51. The highest BCUT2D eigenvalue weighted by Crippen LogP contribution is 2.58. The lowest BCUT2D eigenvalue weighted by Crippen LogP contribution is -2.40. The van der Waals surface area contributed by atoms with E-state index < -0.39 is 33.1 Å². The number of rotatable bonds is 6. The fourth-order valence-corrected chi connectivity index (χ4v) is 7.49. The standard InChI is InChI=1S/C28H28N5O5P/c1-17-24(38-39-33-20(15-36-39)12-19-10-6-7-11-23(19)33)25(35-2)28(37-17)32-13-21-22(14-32)29-16-30-26(21)31-27(34)18-8-4-3-5-9-18/h3-11,13,16-17,20,24-25,28H,12,14-15H2,1-2H3/p+1/t17?,20-,24?,25?,28?,39-/m1/s1/i1D. The molecular formula is C28H29N5O5P+. The number of nitrogens with one attached hydrogen (secondary N) is 1. The number of hydrogen-bond donors (Lipinski definition) is 1. The average Bonchev–Trinajstić information content (AvgIpc) is 3.75. The number of ether oxygens (including phenoxy) is 2. The number of carbonyl (C=O) groups is 1. The lowest BCUT2D eigenvalue weighted by molar-refractivity contribution is -0.624. The Bertz CT molecular complexity index is 1460. The first-order chi connectivity index (χ1) is 19.6. The van der Waals surface area contributed by atoms with Gasteiger partial charge in [-0.05, 0) is 37.1 Å². The Labute approximate surface area is 229 Å². The van der Waals surface area contributed by atoms with Crippen LogP contribution in [0.1, 0.15) is 35.4 Å². The highest BCUT2D eigenvalue weighted by Gasteiger charge is 2.54. The highest BCUT2D eigenvalue weighted by atomic mass is 31.2.